The fourth-order valence-electron chi connectivity index (χ4n) is 1.48. The Morgan fingerprint density at radius 1 is 1.43 bits per heavy atom. The van der Waals surface area contributed by atoms with Crippen LogP contribution in [-0.2, 0) is 24.2 Å². The van der Waals surface area contributed by atoms with E-state index in [0.29, 0.717) is 0 Å². The molecule has 0 aliphatic carbocycles. The van der Waals surface area contributed by atoms with Crippen LogP contribution in [0.5, 0.6) is 0 Å². The molecule has 1 aromatic heterocycles. The Morgan fingerprint density at radius 2 is 2.21 bits per heavy atom. The van der Waals surface area contributed by atoms with Crippen LogP contribution in [0.2, 0.25) is 0 Å². The summed E-state index contributed by atoms with van der Waals surface area (Å²) >= 11 is 0. The minimum Gasteiger partial charge on any atom is -0.376 e. The third-order valence-corrected chi connectivity index (χ3v) is 2.27. The first-order chi connectivity index (χ1) is 6.90. The molecule has 0 atom stereocenters. The van der Waals surface area contributed by atoms with E-state index in [4.69, 9.17) is 4.74 Å². The van der Waals surface area contributed by atoms with Crippen molar-refractivity contribution >= 4 is 0 Å². The Balaban J connectivity index is 0.000000461. The molecule has 1 aliphatic rings. The molecule has 0 saturated heterocycles. The van der Waals surface area contributed by atoms with Crippen LogP contribution >= 0.6 is 0 Å². The van der Waals surface area contributed by atoms with Crippen LogP contribution in [0.25, 0.3) is 0 Å². The number of rotatable bonds is 1. The Morgan fingerprint density at radius 3 is 2.93 bits per heavy atom. The average Bonchev–Trinajstić information content (AvgIpc) is 2.31. The minimum atomic E-state index is 0.746. The summed E-state index contributed by atoms with van der Waals surface area (Å²) in [5.41, 5.74) is 3.80. The maximum absolute atomic E-state index is 5.36. The lowest BCUT2D eigenvalue weighted by Crippen LogP contribution is -2.11. The van der Waals surface area contributed by atoms with Gasteiger partial charge in [-0.25, -0.2) is 0 Å². The van der Waals surface area contributed by atoms with E-state index in [1.165, 1.54) is 16.8 Å². The summed E-state index contributed by atoms with van der Waals surface area (Å²) in [5.74, 6) is 0. The van der Waals surface area contributed by atoms with Gasteiger partial charge in [0.2, 0.25) is 0 Å². The minimum absolute atomic E-state index is 0.746. The van der Waals surface area contributed by atoms with E-state index in [9.17, 15) is 0 Å². The summed E-state index contributed by atoms with van der Waals surface area (Å²) in [6.45, 7) is 7.72. The third kappa shape index (κ3) is 2.55. The zero-order valence-corrected chi connectivity index (χ0v) is 9.34. The molecule has 0 radical (unpaired) electrons. The van der Waals surface area contributed by atoms with Crippen LogP contribution in [0, 0.1) is 0 Å². The Bertz CT molecular complexity index is 284. The van der Waals surface area contributed by atoms with Gasteiger partial charge in [0.15, 0.2) is 0 Å². The number of aromatic nitrogens is 1. The molecule has 14 heavy (non-hydrogen) atoms. The van der Waals surface area contributed by atoms with Crippen molar-refractivity contribution in [3.63, 3.8) is 0 Å². The van der Waals surface area contributed by atoms with Crippen molar-refractivity contribution in [2.45, 2.75) is 40.2 Å². The number of aryl methyl sites for hydroxylation is 1. The van der Waals surface area contributed by atoms with Gasteiger partial charge in [-0.1, -0.05) is 26.8 Å². The highest BCUT2D eigenvalue weighted by Crippen LogP contribution is 2.15. The molecule has 0 aromatic carbocycles. The second-order valence-electron chi connectivity index (χ2n) is 3.11. The van der Waals surface area contributed by atoms with Gasteiger partial charge < -0.3 is 4.74 Å². The first kappa shape index (κ1) is 11.2. The molecule has 0 bridgehead atoms. The molecule has 0 unspecified atom stereocenters. The molecule has 2 rings (SSSR count). The molecule has 1 aromatic rings. The monoisotopic (exact) mass is 193 g/mol. The van der Waals surface area contributed by atoms with Gasteiger partial charge in [-0.2, -0.15) is 0 Å². The molecule has 0 saturated carbocycles. The summed E-state index contributed by atoms with van der Waals surface area (Å²) in [6, 6.07) is 2.21. The fourth-order valence-corrected chi connectivity index (χ4v) is 1.48. The molecule has 0 spiro atoms. The maximum Gasteiger partial charge on any atom is 0.0734 e. The summed E-state index contributed by atoms with van der Waals surface area (Å²) < 4.78 is 5.36. The van der Waals surface area contributed by atoms with Gasteiger partial charge in [-0.15, -0.1) is 0 Å². The largest absolute Gasteiger partial charge is 0.376 e. The van der Waals surface area contributed by atoms with Gasteiger partial charge in [0.1, 0.15) is 0 Å². The van der Waals surface area contributed by atoms with Crippen molar-refractivity contribution in [1.29, 1.82) is 0 Å². The van der Waals surface area contributed by atoms with Crippen molar-refractivity contribution < 1.29 is 4.74 Å². The second kappa shape index (κ2) is 5.76. The van der Waals surface area contributed by atoms with Gasteiger partial charge in [-0.3, -0.25) is 4.98 Å². The second-order valence-corrected chi connectivity index (χ2v) is 3.11. The van der Waals surface area contributed by atoms with Crippen molar-refractivity contribution in [1.82, 2.24) is 4.98 Å². The molecule has 1 aliphatic heterocycles. The first-order valence-electron chi connectivity index (χ1n) is 5.44. The van der Waals surface area contributed by atoms with Gasteiger partial charge in [0.05, 0.1) is 13.2 Å². The molecule has 2 heteroatoms. The predicted octanol–water partition coefficient (Wildman–Crippen LogP) is 2.74. The summed E-state index contributed by atoms with van der Waals surface area (Å²) in [5, 5.41) is 0. The normalized spacial score (nSPS) is 13.9. The number of ether oxygens (including phenoxy) is 1. The SMILES string of the molecule is CC.CCc1cnc2c(c1)COCC2. The summed E-state index contributed by atoms with van der Waals surface area (Å²) in [4.78, 5) is 4.41. The van der Waals surface area contributed by atoms with Crippen LogP contribution in [0.4, 0.5) is 0 Å². The lowest BCUT2D eigenvalue weighted by molar-refractivity contribution is 0.109. The smallest absolute Gasteiger partial charge is 0.0734 e. The molecule has 2 nitrogen and oxygen atoms in total. The molecule has 0 amide bonds. The Hall–Kier alpha value is -0.890. The van der Waals surface area contributed by atoms with Crippen molar-refractivity contribution in [3.8, 4) is 0 Å². The zero-order chi connectivity index (χ0) is 10.4. The summed E-state index contributed by atoms with van der Waals surface area (Å²) in [6.07, 6.45) is 4.00. The number of pyridine rings is 1. The van der Waals surface area contributed by atoms with Gasteiger partial charge >= 0.3 is 0 Å². The van der Waals surface area contributed by atoms with Crippen molar-refractivity contribution in [3.05, 3.63) is 29.1 Å². The maximum atomic E-state index is 5.36. The molecular weight excluding hydrogens is 174 g/mol. The van der Waals surface area contributed by atoms with E-state index in [0.717, 1.165) is 26.1 Å². The van der Waals surface area contributed by atoms with E-state index < -0.39 is 0 Å². The van der Waals surface area contributed by atoms with Gasteiger partial charge in [0.25, 0.3) is 0 Å². The highest BCUT2D eigenvalue weighted by atomic mass is 16.5. The molecular formula is C12H19NO. The van der Waals surface area contributed by atoms with E-state index in [2.05, 4.69) is 18.0 Å². The van der Waals surface area contributed by atoms with Crippen LogP contribution in [0.1, 0.15) is 37.6 Å². The number of hydrogen-bond acceptors (Lipinski definition) is 2. The van der Waals surface area contributed by atoms with Gasteiger partial charge in [0, 0.05) is 18.3 Å². The van der Waals surface area contributed by atoms with E-state index in [-0.39, 0.29) is 0 Å². The number of fused-ring (bicyclic) bond motifs is 1. The predicted molar refractivity (Wildman–Crippen MR) is 58.3 cm³/mol. The van der Waals surface area contributed by atoms with Crippen LogP contribution < -0.4 is 0 Å². The highest BCUT2D eigenvalue weighted by Gasteiger charge is 2.10. The lowest BCUT2D eigenvalue weighted by atomic mass is 10.1. The molecule has 78 valence electrons. The van der Waals surface area contributed by atoms with Crippen molar-refractivity contribution in [2.75, 3.05) is 6.61 Å². The topological polar surface area (TPSA) is 22.1 Å². The molecule has 0 N–H and O–H groups in total. The fraction of sp³-hybridized carbons (Fsp3) is 0.583. The Labute approximate surface area is 86.3 Å². The average molecular weight is 193 g/mol. The van der Waals surface area contributed by atoms with Gasteiger partial charge in [-0.05, 0) is 17.5 Å². The Kier molecular flexibility index (Phi) is 4.60. The van der Waals surface area contributed by atoms with E-state index >= 15 is 0 Å². The quantitative estimate of drug-likeness (QED) is 0.684. The standard InChI is InChI=1S/C10H13NO.C2H6/c1-2-8-5-9-7-12-4-3-10(9)11-6-8;1-2/h5-6H,2-4,7H2,1H3;1-2H3. The van der Waals surface area contributed by atoms with Crippen LogP contribution in [-0.4, -0.2) is 11.6 Å². The van der Waals surface area contributed by atoms with E-state index in [1.54, 1.807) is 0 Å². The van der Waals surface area contributed by atoms with Crippen LogP contribution in [0.15, 0.2) is 12.3 Å². The summed E-state index contributed by atoms with van der Waals surface area (Å²) in [7, 11) is 0. The third-order valence-electron chi connectivity index (χ3n) is 2.27. The molecule has 0 fully saturated rings. The number of hydrogen-bond donors (Lipinski definition) is 0. The first-order valence-corrected chi connectivity index (χ1v) is 5.44. The highest BCUT2D eigenvalue weighted by molar-refractivity contribution is 5.26. The lowest BCUT2D eigenvalue weighted by Gasteiger charge is -2.15. The molecule has 2 heterocycles. The van der Waals surface area contributed by atoms with Crippen LogP contribution in [0.3, 0.4) is 0 Å². The number of nitrogens with zero attached hydrogens (tertiary/aromatic N) is 1. The van der Waals surface area contributed by atoms with E-state index in [1.807, 2.05) is 20.0 Å². The van der Waals surface area contributed by atoms with Crippen molar-refractivity contribution in [2.24, 2.45) is 0 Å². The zero-order valence-electron chi connectivity index (χ0n) is 9.34.